The Balaban J connectivity index is 3.19. The van der Waals surface area contributed by atoms with Crippen LogP contribution in [-0.4, -0.2) is 38.1 Å². The molecule has 0 aliphatic heterocycles. The summed E-state index contributed by atoms with van der Waals surface area (Å²) in [4.78, 5) is 3.95. The van der Waals surface area contributed by atoms with Gasteiger partial charge in [0.05, 0.1) is 16.8 Å². The minimum atomic E-state index is -4.43. The molecule has 0 saturated carbocycles. The average molecular weight is 299 g/mol. The van der Waals surface area contributed by atoms with E-state index >= 15 is 0 Å². The van der Waals surface area contributed by atoms with E-state index in [0.29, 0.717) is 12.2 Å². The van der Waals surface area contributed by atoms with Gasteiger partial charge in [0.15, 0.2) is 0 Å². The summed E-state index contributed by atoms with van der Waals surface area (Å²) in [5, 5.41) is 9.16. The second-order valence-corrected chi connectivity index (χ2v) is 5.24. The van der Waals surface area contributed by atoms with Gasteiger partial charge in [-0.25, -0.2) is 0 Å². The van der Waals surface area contributed by atoms with E-state index in [0.717, 1.165) is 18.7 Å². The monoisotopic (exact) mass is 299 g/mol. The fraction of sp³-hybridized carbons (Fsp3) is 0.533. The fourth-order valence-corrected chi connectivity index (χ4v) is 2.40. The van der Waals surface area contributed by atoms with Crippen LogP contribution < -0.4 is 4.90 Å². The van der Waals surface area contributed by atoms with Crippen LogP contribution in [0, 0.1) is 11.3 Å². The van der Waals surface area contributed by atoms with Crippen molar-refractivity contribution in [1.82, 2.24) is 4.90 Å². The lowest BCUT2D eigenvalue weighted by Crippen LogP contribution is -2.40. The Hall–Kier alpha value is -1.74. The van der Waals surface area contributed by atoms with Crippen LogP contribution >= 0.6 is 0 Å². The van der Waals surface area contributed by atoms with Crippen LogP contribution in [0.5, 0.6) is 0 Å². The molecule has 0 heterocycles. The standard InChI is InChI=1S/C15H20F3N3/c1-5-21(11(2)10-20(3)4)14-7-6-13(15(16,17)18)8-12(14)9-19/h6-8,11H,5,10H2,1-4H3. The third kappa shape index (κ3) is 4.36. The molecule has 21 heavy (non-hydrogen) atoms. The van der Waals surface area contributed by atoms with Gasteiger partial charge in [0.25, 0.3) is 0 Å². The first-order valence-corrected chi connectivity index (χ1v) is 6.73. The quantitative estimate of drug-likeness (QED) is 0.835. The van der Waals surface area contributed by atoms with Crippen molar-refractivity contribution in [1.29, 1.82) is 5.26 Å². The first-order valence-electron chi connectivity index (χ1n) is 6.73. The second kappa shape index (κ2) is 6.81. The predicted octanol–water partition coefficient (Wildman–Crippen LogP) is 3.35. The maximum absolute atomic E-state index is 12.7. The SMILES string of the molecule is CCN(c1ccc(C(F)(F)F)cc1C#N)C(C)CN(C)C. The Bertz CT molecular complexity index is 518. The number of benzene rings is 1. The average Bonchev–Trinajstić information content (AvgIpc) is 2.37. The molecule has 0 radical (unpaired) electrons. The van der Waals surface area contributed by atoms with Crippen LogP contribution in [0.15, 0.2) is 18.2 Å². The number of hydrogen-bond donors (Lipinski definition) is 0. The second-order valence-electron chi connectivity index (χ2n) is 5.24. The van der Waals surface area contributed by atoms with E-state index in [2.05, 4.69) is 0 Å². The van der Waals surface area contributed by atoms with Crippen molar-refractivity contribution in [3.05, 3.63) is 29.3 Å². The highest BCUT2D eigenvalue weighted by atomic mass is 19.4. The van der Waals surface area contributed by atoms with Crippen LogP contribution in [0.3, 0.4) is 0 Å². The normalized spacial score (nSPS) is 13.1. The number of anilines is 1. The van der Waals surface area contributed by atoms with Gasteiger partial charge in [0.2, 0.25) is 0 Å². The molecule has 1 aromatic carbocycles. The summed E-state index contributed by atoms with van der Waals surface area (Å²) < 4.78 is 38.2. The number of nitriles is 1. The molecule has 0 amide bonds. The largest absolute Gasteiger partial charge is 0.416 e. The van der Waals surface area contributed by atoms with E-state index in [1.807, 2.05) is 43.8 Å². The molecule has 0 bridgehead atoms. The van der Waals surface area contributed by atoms with Crippen LogP contribution in [-0.2, 0) is 6.18 Å². The number of rotatable bonds is 5. The van der Waals surface area contributed by atoms with E-state index in [4.69, 9.17) is 5.26 Å². The van der Waals surface area contributed by atoms with Crippen molar-refractivity contribution in [2.45, 2.75) is 26.1 Å². The summed E-state index contributed by atoms with van der Waals surface area (Å²) in [6.45, 7) is 5.28. The molecular weight excluding hydrogens is 279 g/mol. The third-order valence-corrected chi connectivity index (χ3v) is 3.26. The summed E-state index contributed by atoms with van der Waals surface area (Å²) in [5.74, 6) is 0. The van der Waals surface area contributed by atoms with E-state index in [-0.39, 0.29) is 11.6 Å². The van der Waals surface area contributed by atoms with Gasteiger partial charge in [-0.15, -0.1) is 0 Å². The highest BCUT2D eigenvalue weighted by molar-refractivity contribution is 5.61. The zero-order valence-corrected chi connectivity index (χ0v) is 12.7. The summed E-state index contributed by atoms with van der Waals surface area (Å²) in [6.07, 6.45) is -4.43. The maximum Gasteiger partial charge on any atom is 0.416 e. The molecule has 1 aromatic rings. The molecule has 1 atom stereocenters. The molecule has 0 N–H and O–H groups in total. The molecule has 0 fully saturated rings. The third-order valence-electron chi connectivity index (χ3n) is 3.26. The Morgan fingerprint density at radius 2 is 1.90 bits per heavy atom. The van der Waals surface area contributed by atoms with Crippen molar-refractivity contribution in [3.8, 4) is 6.07 Å². The van der Waals surface area contributed by atoms with E-state index in [1.165, 1.54) is 6.07 Å². The minimum Gasteiger partial charge on any atom is -0.367 e. The first-order chi connectivity index (χ1) is 9.70. The summed E-state index contributed by atoms with van der Waals surface area (Å²) in [6, 6.07) is 5.30. The predicted molar refractivity (Wildman–Crippen MR) is 77.2 cm³/mol. The van der Waals surface area contributed by atoms with Gasteiger partial charge < -0.3 is 9.80 Å². The zero-order chi connectivity index (χ0) is 16.2. The molecule has 3 nitrogen and oxygen atoms in total. The lowest BCUT2D eigenvalue weighted by atomic mass is 10.1. The van der Waals surface area contributed by atoms with Crippen LogP contribution in [0.25, 0.3) is 0 Å². The number of likely N-dealkylation sites (N-methyl/N-ethyl adjacent to an activating group) is 2. The highest BCUT2D eigenvalue weighted by Gasteiger charge is 2.31. The molecule has 0 aromatic heterocycles. The van der Waals surface area contributed by atoms with Gasteiger partial charge in [0.1, 0.15) is 6.07 Å². The van der Waals surface area contributed by atoms with Gasteiger partial charge in [0, 0.05) is 19.1 Å². The molecule has 1 rings (SSSR count). The maximum atomic E-state index is 12.7. The Morgan fingerprint density at radius 1 is 1.29 bits per heavy atom. The summed E-state index contributed by atoms with van der Waals surface area (Å²) in [5.41, 5.74) is -0.196. The van der Waals surface area contributed by atoms with Crippen molar-refractivity contribution < 1.29 is 13.2 Å². The van der Waals surface area contributed by atoms with E-state index < -0.39 is 11.7 Å². The lowest BCUT2D eigenvalue weighted by molar-refractivity contribution is -0.137. The van der Waals surface area contributed by atoms with Crippen molar-refractivity contribution in [2.24, 2.45) is 0 Å². The zero-order valence-electron chi connectivity index (χ0n) is 12.7. The van der Waals surface area contributed by atoms with Crippen LogP contribution in [0.4, 0.5) is 18.9 Å². The molecular formula is C15H20F3N3. The topological polar surface area (TPSA) is 30.3 Å². The number of alkyl halides is 3. The molecule has 6 heteroatoms. The van der Waals surface area contributed by atoms with Gasteiger partial charge in [-0.3, -0.25) is 0 Å². The lowest BCUT2D eigenvalue weighted by Gasteiger charge is -2.32. The summed E-state index contributed by atoms with van der Waals surface area (Å²) in [7, 11) is 3.87. The number of halogens is 3. The molecule has 0 aliphatic rings. The number of nitrogens with zero attached hydrogens (tertiary/aromatic N) is 3. The van der Waals surface area contributed by atoms with E-state index in [1.54, 1.807) is 0 Å². The smallest absolute Gasteiger partial charge is 0.367 e. The van der Waals surface area contributed by atoms with Crippen LogP contribution in [0.1, 0.15) is 25.0 Å². The van der Waals surface area contributed by atoms with Crippen molar-refractivity contribution in [2.75, 3.05) is 32.1 Å². The van der Waals surface area contributed by atoms with Gasteiger partial charge in [-0.2, -0.15) is 18.4 Å². The van der Waals surface area contributed by atoms with E-state index in [9.17, 15) is 13.2 Å². The van der Waals surface area contributed by atoms with Crippen LogP contribution in [0.2, 0.25) is 0 Å². The highest BCUT2D eigenvalue weighted by Crippen LogP contribution is 2.33. The fourth-order valence-electron chi connectivity index (χ4n) is 2.40. The molecule has 0 aliphatic carbocycles. The minimum absolute atomic E-state index is 0.0530. The first kappa shape index (κ1) is 17.3. The molecule has 116 valence electrons. The van der Waals surface area contributed by atoms with Crippen molar-refractivity contribution in [3.63, 3.8) is 0 Å². The van der Waals surface area contributed by atoms with Gasteiger partial charge >= 0.3 is 6.18 Å². The van der Waals surface area contributed by atoms with Crippen molar-refractivity contribution >= 4 is 5.69 Å². The summed E-state index contributed by atoms with van der Waals surface area (Å²) >= 11 is 0. The Kier molecular flexibility index (Phi) is 5.62. The Morgan fingerprint density at radius 3 is 2.33 bits per heavy atom. The Labute approximate surface area is 123 Å². The molecule has 0 spiro atoms. The van der Waals surface area contributed by atoms with Gasteiger partial charge in [-0.05, 0) is 46.1 Å². The molecule has 0 saturated heterocycles. The molecule has 1 unspecified atom stereocenters. The van der Waals surface area contributed by atoms with Gasteiger partial charge in [-0.1, -0.05) is 0 Å². The number of hydrogen-bond acceptors (Lipinski definition) is 3.